The van der Waals surface area contributed by atoms with Gasteiger partial charge >= 0.3 is 6.18 Å². The number of hydrogen-bond donors (Lipinski definition) is 4. The van der Waals surface area contributed by atoms with Crippen LogP contribution in [0.4, 0.5) is 19.0 Å². The van der Waals surface area contributed by atoms with Gasteiger partial charge in [-0.1, -0.05) is 6.07 Å². The van der Waals surface area contributed by atoms with Crippen molar-refractivity contribution in [2.75, 3.05) is 25.0 Å². The monoisotopic (exact) mass is 516 g/mol. The Morgan fingerprint density at radius 2 is 2.11 bits per heavy atom. The van der Waals surface area contributed by atoms with Crippen molar-refractivity contribution in [1.29, 1.82) is 5.26 Å². The number of benzene rings is 1. The number of hydrogen-bond acceptors (Lipinski definition) is 8. The Morgan fingerprint density at radius 1 is 1.28 bits per heavy atom. The number of aromatic nitrogens is 3. The van der Waals surface area contributed by atoms with Gasteiger partial charge < -0.3 is 20.5 Å². The van der Waals surface area contributed by atoms with Gasteiger partial charge in [0.15, 0.2) is 0 Å². The molecule has 2 atom stereocenters. The van der Waals surface area contributed by atoms with Crippen LogP contribution in [0.15, 0.2) is 36.7 Å². The maximum atomic E-state index is 12.9. The van der Waals surface area contributed by atoms with Gasteiger partial charge in [0, 0.05) is 35.4 Å². The number of H-pyrrole nitrogens is 1. The van der Waals surface area contributed by atoms with Crippen LogP contribution >= 0.6 is 11.3 Å². The Balaban J connectivity index is 1.31. The number of β-amino-alcohol motifs (C(OH)–C–C–N with tert-alkyl or cyclic N) is 1. The number of rotatable bonds is 6. The molecule has 4 heterocycles. The molecule has 4 aromatic rings. The molecule has 36 heavy (non-hydrogen) atoms. The molecule has 3 aromatic heterocycles. The van der Waals surface area contributed by atoms with E-state index in [2.05, 4.69) is 26.3 Å². The van der Waals surface area contributed by atoms with Gasteiger partial charge in [0.25, 0.3) is 0 Å². The maximum absolute atomic E-state index is 12.9. The Labute approximate surface area is 208 Å². The number of halogens is 3. The zero-order chi connectivity index (χ0) is 25.5. The second-order valence-corrected chi connectivity index (χ2v) is 10.2. The van der Waals surface area contributed by atoms with Gasteiger partial charge in [-0.25, -0.2) is 9.97 Å². The normalized spacial score (nSPS) is 21.2. The Bertz CT molecular complexity index is 1450. The molecule has 0 spiro atoms. The molecule has 1 aliphatic rings. The Morgan fingerprint density at radius 3 is 2.86 bits per heavy atom. The van der Waals surface area contributed by atoms with E-state index in [0.717, 1.165) is 27.8 Å². The molecule has 0 unspecified atom stereocenters. The molecule has 12 heteroatoms. The highest BCUT2D eigenvalue weighted by Crippen LogP contribution is 2.34. The fourth-order valence-electron chi connectivity index (χ4n) is 4.73. The zero-order valence-electron chi connectivity index (χ0n) is 19.0. The van der Waals surface area contributed by atoms with Crippen LogP contribution in [-0.4, -0.2) is 67.6 Å². The molecule has 188 valence electrons. The number of nitriles is 1. The molecule has 4 N–H and O–H groups in total. The number of piperidine rings is 1. The van der Waals surface area contributed by atoms with Crippen molar-refractivity contribution in [3.63, 3.8) is 0 Å². The molecular weight excluding hydrogens is 493 g/mol. The summed E-state index contributed by atoms with van der Waals surface area (Å²) in [5.41, 5.74) is 0.865. The molecule has 1 aromatic carbocycles. The van der Waals surface area contributed by atoms with Gasteiger partial charge in [-0.05, 0) is 36.2 Å². The maximum Gasteiger partial charge on any atom is 0.393 e. The molecule has 0 radical (unpaired) electrons. The standard InChI is InChI=1S/C24H23F3N6O2S/c25-24(26,27)8-17-7-18-21(29-13-30-22(18)36-17)32-20-3-4-33(11-23(20,35)12-34)10-14-1-2-19-15(5-14)6-16(9-28)31-19/h1-2,5-7,13,20,31,34-35H,3-4,8,10-12H2,(H,29,30,32)/t20-,23-/m1/s1. The summed E-state index contributed by atoms with van der Waals surface area (Å²) in [6.45, 7) is 0.848. The molecule has 0 bridgehead atoms. The molecule has 1 aliphatic heterocycles. The van der Waals surface area contributed by atoms with E-state index in [9.17, 15) is 23.4 Å². The number of aliphatic hydroxyl groups is 2. The number of aromatic amines is 1. The topological polar surface area (TPSA) is 121 Å². The number of aliphatic hydroxyl groups excluding tert-OH is 1. The van der Waals surface area contributed by atoms with Gasteiger partial charge in [-0.15, -0.1) is 11.3 Å². The van der Waals surface area contributed by atoms with E-state index >= 15 is 0 Å². The van der Waals surface area contributed by atoms with E-state index in [4.69, 9.17) is 5.26 Å². The van der Waals surface area contributed by atoms with Crippen LogP contribution in [0, 0.1) is 11.3 Å². The quantitative estimate of drug-likeness (QED) is 0.309. The third-order valence-electron chi connectivity index (χ3n) is 6.43. The lowest BCUT2D eigenvalue weighted by Crippen LogP contribution is -2.61. The average Bonchev–Trinajstić information content (AvgIpc) is 3.43. The van der Waals surface area contributed by atoms with Crippen LogP contribution in [0.3, 0.4) is 0 Å². The lowest BCUT2D eigenvalue weighted by molar-refractivity contribution is -0.126. The van der Waals surface area contributed by atoms with Gasteiger partial charge in [0.1, 0.15) is 34.3 Å². The molecule has 0 amide bonds. The lowest BCUT2D eigenvalue weighted by Gasteiger charge is -2.44. The summed E-state index contributed by atoms with van der Waals surface area (Å²) in [6, 6.07) is 10.6. The number of nitrogens with zero attached hydrogens (tertiary/aromatic N) is 4. The van der Waals surface area contributed by atoms with E-state index in [-0.39, 0.29) is 11.4 Å². The van der Waals surface area contributed by atoms with Crippen LogP contribution < -0.4 is 5.32 Å². The fraction of sp³-hybridized carbons (Fsp3) is 0.375. The summed E-state index contributed by atoms with van der Waals surface area (Å²) in [7, 11) is 0. The molecular formula is C24H23F3N6O2S. The van der Waals surface area contributed by atoms with Crippen molar-refractivity contribution < 1.29 is 23.4 Å². The van der Waals surface area contributed by atoms with E-state index in [0.29, 0.717) is 41.2 Å². The van der Waals surface area contributed by atoms with Crippen LogP contribution in [0.25, 0.3) is 21.1 Å². The molecule has 8 nitrogen and oxygen atoms in total. The van der Waals surface area contributed by atoms with Gasteiger partial charge in [0.2, 0.25) is 0 Å². The average molecular weight is 517 g/mol. The third kappa shape index (κ3) is 5.01. The van der Waals surface area contributed by atoms with Crippen LogP contribution in [0.2, 0.25) is 0 Å². The minimum absolute atomic E-state index is 0.134. The zero-order valence-corrected chi connectivity index (χ0v) is 19.8. The largest absolute Gasteiger partial charge is 0.393 e. The number of anilines is 1. The van der Waals surface area contributed by atoms with Gasteiger partial charge in [-0.2, -0.15) is 18.4 Å². The van der Waals surface area contributed by atoms with Crippen LogP contribution in [-0.2, 0) is 13.0 Å². The predicted octanol–water partition coefficient (Wildman–Crippen LogP) is 3.56. The number of alkyl halides is 3. The minimum atomic E-state index is -4.32. The predicted molar refractivity (Wildman–Crippen MR) is 130 cm³/mol. The van der Waals surface area contributed by atoms with Crippen molar-refractivity contribution in [2.45, 2.75) is 37.2 Å². The molecule has 0 saturated carbocycles. The summed E-state index contributed by atoms with van der Waals surface area (Å²) in [5.74, 6) is 0.334. The van der Waals surface area contributed by atoms with Crippen LogP contribution in [0.1, 0.15) is 22.6 Å². The van der Waals surface area contributed by atoms with E-state index in [1.165, 1.54) is 12.4 Å². The Hall–Kier alpha value is -3.24. The highest BCUT2D eigenvalue weighted by Gasteiger charge is 2.42. The highest BCUT2D eigenvalue weighted by molar-refractivity contribution is 7.18. The summed E-state index contributed by atoms with van der Waals surface area (Å²) in [4.78, 5) is 13.9. The van der Waals surface area contributed by atoms with Crippen LogP contribution in [0.5, 0.6) is 0 Å². The number of fused-ring (bicyclic) bond motifs is 2. The van der Waals surface area contributed by atoms with Crippen molar-refractivity contribution in [1.82, 2.24) is 19.9 Å². The van der Waals surface area contributed by atoms with E-state index < -0.39 is 30.8 Å². The summed E-state index contributed by atoms with van der Waals surface area (Å²) in [5, 5.41) is 35.0. The molecule has 1 saturated heterocycles. The first-order chi connectivity index (χ1) is 17.2. The molecule has 1 fully saturated rings. The first kappa shape index (κ1) is 24.5. The summed E-state index contributed by atoms with van der Waals surface area (Å²) in [6.07, 6.45) is -3.61. The van der Waals surface area contributed by atoms with E-state index in [1.54, 1.807) is 6.07 Å². The first-order valence-electron chi connectivity index (χ1n) is 11.3. The van der Waals surface area contributed by atoms with Crippen molar-refractivity contribution >= 4 is 38.3 Å². The fourth-order valence-corrected chi connectivity index (χ4v) is 5.75. The first-order valence-corrected chi connectivity index (χ1v) is 12.1. The summed E-state index contributed by atoms with van der Waals surface area (Å²) >= 11 is 0.960. The molecule has 5 rings (SSSR count). The second-order valence-electron chi connectivity index (χ2n) is 9.12. The number of nitrogens with one attached hydrogen (secondary N) is 2. The lowest BCUT2D eigenvalue weighted by atomic mass is 9.87. The smallest absolute Gasteiger partial charge is 0.393 e. The number of thiophene rings is 1. The molecule has 0 aliphatic carbocycles. The SMILES string of the molecule is N#Cc1cc2cc(CN3CC[C@@H](Nc4ncnc5sc(CC(F)(F)F)cc45)[C@](O)(CO)C3)ccc2[nH]1. The van der Waals surface area contributed by atoms with Gasteiger partial charge in [-0.3, -0.25) is 4.90 Å². The second kappa shape index (κ2) is 9.33. The minimum Gasteiger partial charge on any atom is -0.393 e. The van der Waals surface area contributed by atoms with Crippen molar-refractivity contribution in [3.05, 3.63) is 52.8 Å². The summed E-state index contributed by atoms with van der Waals surface area (Å²) < 4.78 is 38.6. The van der Waals surface area contributed by atoms with Gasteiger partial charge in [0.05, 0.1) is 24.5 Å². The Kier molecular flexibility index (Phi) is 6.34. The third-order valence-corrected chi connectivity index (χ3v) is 7.47. The van der Waals surface area contributed by atoms with E-state index in [1.807, 2.05) is 23.1 Å². The van der Waals surface area contributed by atoms with Crippen molar-refractivity contribution in [2.24, 2.45) is 0 Å². The van der Waals surface area contributed by atoms with Crippen molar-refractivity contribution in [3.8, 4) is 6.07 Å². The number of likely N-dealkylation sites (tertiary alicyclic amines) is 1. The highest BCUT2D eigenvalue weighted by atomic mass is 32.1.